The smallest absolute Gasteiger partial charge is 0.328 e. The summed E-state index contributed by atoms with van der Waals surface area (Å²) in [5, 5.41) is 8.20. The van der Waals surface area contributed by atoms with Gasteiger partial charge in [-0.05, 0) is 27.7 Å². The van der Waals surface area contributed by atoms with Crippen molar-refractivity contribution < 1.29 is 32.6 Å². The largest absolute Gasteiger partial charge is 0.480 e. The molecular weight excluding hydrogens is 314 g/mol. The van der Waals surface area contributed by atoms with E-state index in [1.807, 2.05) is 0 Å². The van der Waals surface area contributed by atoms with Crippen LogP contribution in [0.3, 0.4) is 0 Å². The number of amides is 1. The van der Waals surface area contributed by atoms with Crippen molar-refractivity contribution in [2.75, 3.05) is 0 Å². The van der Waals surface area contributed by atoms with E-state index in [9.17, 15) is 27.9 Å². The fourth-order valence-electron chi connectivity index (χ4n) is 2.97. The first-order valence-corrected chi connectivity index (χ1v) is 8.35. The molecule has 0 aromatic rings. The van der Waals surface area contributed by atoms with Gasteiger partial charge in [-0.15, -0.1) is 0 Å². The van der Waals surface area contributed by atoms with Crippen LogP contribution in [0.4, 0.5) is 0 Å². The zero-order valence-electron chi connectivity index (χ0n) is 12.8. The normalized spacial score (nSPS) is 33.1. The molecule has 1 N–H and O–H groups in total. The van der Waals surface area contributed by atoms with Gasteiger partial charge in [-0.25, -0.2) is 13.2 Å². The van der Waals surface area contributed by atoms with E-state index in [1.165, 1.54) is 6.92 Å². The molecule has 0 bridgehead atoms. The number of sulfone groups is 1. The zero-order valence-corrected chi connectivity index (χ0v) is 13.6. The van der Waals surface area contributed by atoms with Gasteiger partial charge in [-0.2, -0.15) is 0 Å². The number of aliphatic carboxylic acids is 1. The van der Waals surface area contributed by atoms with Gasteiger partial charge < -0.3 is 14.7 Å². The molecule has 2 fully saturated rings. The fourth-order valence-corrected chi connectivity index (χ4v) is 5.34. The molecule has 2 aliphatic rings. The number of carbonyl (C=O) groups is 3. The Morgan fingerprint density at radius 1 is 1.41 bits per heavy atom. The van der Waals surface area contributed by atoms with Crippen molar-refractivity contribution in [1.82, 2.24) is 4.90 Å². The topological polar surface area (TPSA) is 118 Å². The lowest BCUT2D eigenvalue weighted by atomic mass is 9.93. The van der Waals surface area contributed by atoms with Crippen molar-refractivity contribution in [3.63, 3.8) is 0 Å². The average molecular weight is 333 g/mol. The maximum Gasteiger partial charge on any atom is 0.328 e. The predicted molar refractivity (Wildman–Crippen MR) is 74.5 cm³/mol. The standard InChI is InChI=1S/C13H19NO7S/c1-12(2,3)21-9(16)6-13(4)10(11(17)18)14-7(15)5-8(14)22(13,19)20/h8,10H,5-6H2,1-4H3,(H,17,18)/t8?,10-,13-/m0/s1. The SMILES string of the molecule is CC(C)(C)OC(=O)C[C@@]1(C)[C@H](C(=O)O)N2C(=O)CC2S1(=O)=O. The van der Waals surface area contributed by atoms with E-state index in [2.05, 4.69) is 0 Å². The Bertz CT molecular complexity index is 648. The minimum atomic E-state index is -3.98. The first kappa shape index (κ1) is 16.7. The number of ether oxygens (including phenoxy) is 1. The molecule has 2 heterocycles. The molecule has 8 nitrogen and oxygen atoms in total. The van der Waals surface area contributed by atoms with Crippen LogP contribution in [-0.4, -0.2) is 58.0 Å². The molecule has 124 valence electrons. The molecule has 22 heavy (non-hydrogen) atoms. The number of carboxylic acids is 1. The van der Waals surface area contributed by atoms with Crippen molar-refractivity contribution in [2.24, 2.45) is 0 Å². The van der Waals surface area contributed by atoms with Gasteiger partial charge in [0.2, 0.25) is 5.91 Å². The van der Waals surface area contributed by atoms with Gasteiger partial charge >= 0.3 is 11.9 Å². The Balaban J connectivity index is 2.38. The Kier molecular flexibility index (Phi) is 3.55. The molecule has 2 saturated heterocycles. The van der Waals surface area contributed by atoms with Crippen LogP contribution >= 0.6 is 0 Å². The second-order valence-electron chi connectivity index (χ2n) is 6.82. The predicted octanol–water partition coefficient (Wildman–Crippen LogP) is -0.0831. The summed E-state index contributed by atoms with van der Waals surface area (Å²) in [6.07, 6.45) is -0.847. The summed E-state index contributed by atoms with van der Waals surface area (Å²) in [6, 6.07) is -1.57. The number of hydrogen-bond acceptors (Lipinski definition) is 6. The molecule has 0 aliphatic carbocycles. The van der Waals surface area contributed by atoms with Gasteiger partial charge in [0, 0.05) is 0 Å². The first-order chi connectivity index (χ1) is 9.81. The molecule has 0 aromatic carbocycles. The molecule has 9 heteroatoms. The zero-order chi connectivity index (χ0) is 17.1. The highest BCUT2D eigenvalue weighted by atomic mass is 32.2. The van der Waals surface area contributed by atoms with Gasteiger partial charge in [0.15, 0.2) is 15.9 Å². The molecule has 2 rings (SSSR count). The lowest BCUT2D eigenvalue weighted by Crippen LogP contribution is -2.57. The lowest BCUT2D eigenvalue weighted by Gasteiger charge is -2.35. The van der Waals surface area contributed by atoms with Crippen LogP contribution < -0.4 is 0 Å². The van der Waals surface area contributed by atoms with Crippen molar-refractivity contribution in [2.45, 2.75) is 62.3 Å². The van der Waals surface area contributed by atoms with Crippen LogP contribution in [-0.2, 0) is 29.0 Å². The Hall–Kier alpha value is -1.64. The molecule has 0 saturated carbocycles. The number of nitrogens with zero attached hydrogens (tertiary/aromatic N) is 1. The van der Waals surface area contributed by atoms with Gasteiger partial charge in [0.05, 0.1) is 12.8 Å². The van der Waals surface area contributed by atoms with Gasteiger partial charge in [-0.3, -0.25) is 9.59 Å². The second-order valence-corrected chi connectivity index (χ2v) is 9.39. The number of hydrogen-bond donors (Lipinski definition) is 1. The molecule has 0 radical (unpaired) electrons. The van der Waals surface area contributed by atoms with Crippen molar-refractivity contribution in [3.8, 4) is 0 Å². The Morgan fingerprint density at radius 3 is 2.36 bits per heavy atom. The monoisotopic (exact) mass is 333 g/mol. The highest BCUT2D eigenvalue weighted by molar-refractivity contribution is 7.93. The summed E-state index contributed by atoms with van der Waals surface area (Å²) < 4.78 is 28.4. The third kappa shape index (κ3) is 2.27. The van der Waals surface area contributed by atoms with E-state index in [0.29, 0.717) is 0 Å². The number of rotatable bonds is 3. The van der Waals surface area contributed by atoms with E-state index in [4.69, 9.17) is 4.74 Å². The van der Waals surface area contributed by atoms with Crippen molar-refractivity contribution >= 4 is 27.7 Å². The number of carboxylic acid groups (broad SMARTS) is 1. The van der Waals surface area contributed by atoms with E-state index >= 15 is 0 Å². The molecular formula is C13H19NO7S. The van der Waals surface area contributed by atoms with Crippen molar-refractivity contribution in [1.29, 1.82) is 0 Å². The molecule has 2 aliphatic heterocycles. The highest BCUT2D eigenvalue weighted by Crippen LogP contribution is 2.47. The summed E-state index contributed by atoms with van der Waals surface area (Å²) in [5.41, 5.74) is -0.816. The van der Waals surface area contributed by atoms with Crippen LogP contribution in [0.5, 0.6) is 0 Å². The minimum Gasteiger partial charge on any atom is -0.480 e. The quantitative estimate of drug-likeness (QED) is 0.566. The van der Waals surface area contributed by atoms with E-state index in [1.54, 1.807) is 20.8 Å². The van der Waals surface area contributed by atoms with Crippen LogP contribution in [0.1, 0.15) is 40.5 Å². The maximum absolute atomic E-state index is 12.6. The molecule has 0 spiro atoms. The van der Waals surface area contributed by atoms with Gasteiger partial charge in [0.1, 0.15) is 15.7 Å². The van der Waals surface area contributed by atoms with Crippen LogP contribution in [0.25, 0.3) is 0 Å². The first-order valence-electron chi connectivity index (χ1n) is 6.80. The molecule has 0 aromatic heterocycles. The minimum absolute atomic E-state index is 0.240. The lowest BCUT2D eigenvalue weighted by molar-refractivity contribution is -0.161. The van der Waals surface area contributed by atoms with Gasteiger partial charge in [-0.1, -0.05) is 0 Å². The molecule has 1 amide bonds. The number of esters is 1. The highest BCUT2D eigenvalue weighted by Gasteiger charge is 2.70. The van der Waals surface area contributed by atoms with E-state index < -0.39 is 55.9 Å². The van der Waals surface area contributed by atoms with E-state index in [-0.39, 0.29) is 6.42 Å². The van der Waals surface area contributed by atoms with Crippen LogP contribution in [0.15, 0.2) is 0 Å². The Labute approximate surface area is 128 Å². The summed E-state index contributed by atoms with van der Waals surface area (Å²) in [6.45, 7) is 6.07. The summed E-state index contributed by atoms with van der Waals surface area (Å²) >= 11 is 0. The van der Waals surface area contributed by atoms with Crippen LogP contribution in [0.2, 0.25) is 0 Å². The number of β-lactam (4-membered cyclic amide) rings is 1. The molecule has 3 atom stereocenters. The van der Waals surface area contributed by atoms with Crippen LogP contribution in [0, 0.1) is 0 Å². The average Bonchev–Trinajstić information content (AvgIpc) is 2.41. The third-order valence-corrected chi connectivity index (χ3v) is 6.74. The Morgan fingerprint density at radius 2 is 1.95 bits per heavy atom. The van der Waals surface area contributed by atoms with E-state index in [0.717, 1.165) is 4.90 Å². The summed E-state index contributed by atoms with van der Waals surface area (Å²) in [5.74, 6) is -2.78. The third-order valence-electron chi connectivity index (χ3n) is 3.96. The van der Waals surface area contributed by atoms with Crippen molar-refractivity contribution in [3.05, 3.63) is 0 Å². The number of carbonyl (C=O) groups excluding carboxylic acids is 2. The number of fused-ring (bicyclic) bond motifs is 1. The molecule has 1 unspecified atom stereocenters. The second kappa shape index (κ2) is 4.68. The summed E-state index contributed by atoms with van der Waals surface area (Å²) in [4.78, 5) is 36.0. The maximum atomic E-state index is 12.6. The summed E-state index contributed by atoms with van der Waals surface area (Å²) in [7, 11) is -3.98. The fraction of sp³-hybridized carbons (Fsp3) is 0.769. The van der Waals surface area contributed by atoms with Gasteiger partial charge in [0.25, 0.3) is 0 Å².